The molecule has 0 aromatic heterocycles. The van der Waals surface area contributed by atoms with Crippen molar-refractivity contribution >= 4 is 6.29 Å². The summed E-state index contributed by atoms with van der Waals surface area (Å²) in [7, 11) is 0. The van der Waals surface area contributed by atoms with Crippen LogP contribution in [0.25, 0.3) is 0 Å². The van der Waals surface area contributed by atoms with E-state index < -0.39 is 5.60 Å². The third-order valence-corrected chi connectivity index (χ3v) is 5.75. The number of allylic oxidation sites excluding steroid dienone is 2. The van der Waals surface area contributed by atoms with Crippen LogP contribution in [-0.2, 0) is 4.79 Å². The highest BCUT2D eigenvalue weighted by Gasteiger charge is 2.44. The summed E-state index contributed by atoms with van der Waals surface area (Å²) < 4.78 is 0. The second kappa shape index (κ2) is 5.63. The van der Waals surface area contributed by atoms with Crippen LogP contribution >= 0.6 is 0 Å². The lowest BCUT2D eigenvalue weighted by atomic mass is 9.57. The van der Waals surface area contributed by atoms with E-state index in [9.17, 15) is 9.90 Å². The first-order chi connectivity index (χ1) is 9.31. The summed E-state index contributed by atoms with van der Waals surface area (Å²) in [4.78, 5) is 11.4. The van der Waals surface area contributed by atoms with Gasteiger partial charge in [-0.05, 0) is 63.7 Å². The summed E-state index contributed by atoms with van der Waals surface area (Å²) in [5, 5.41) is 10.4. The Labute approximate surface area is 123 Å². The molecular formula is C18H30O2. The van der Waals surface area contributed by atoms with Crippen LogP contribution in [0.2, 0.25) is 0 Å². The summed E-state index contributed by atoms with van der Waals surface area (Å²) in [5.74, 6) is 0.474. The minimum absolute atomic E-state index is 0.138. The predicted molar refractivity (Wildman–Crippen MR) is 82.5 cm³/mol. The van der Waals surface area contributed by atoms with Gasteiger partial charge in [0.25, 0.3) is 0 Å². The van der Waals surface area contributed by atoms with Crippen LogP contribution in [0.1, 0.15) is 72.6 Å². The molecule has 20 heavy (non-hydrogen) atoms. The number of carbonyl (C=O) groups is 1. The maximum Gasteiger partial charge on any atom is 0.127 e. The molecule has 0 aromatic carbocycles. The van der Waals surface area contributed by atoms with Crippen LogP contribution in [0.3, 0.4) is 0 Å². The van der Waals surface area contributed by atoms with E-state index in [1.807, 2.05) is 13.8 Å². The monoisotopic (exact) mass is 278 g/mol. The fraction of sp³-hybridized carbons (Fsp3) is 0.833. The molecular weight excluding hydrogens is 248 g/mol. The molecule has 2 nitrogen and oxygen atoms in total. The molecule has 2 heteroatoms. The van der Waals surface area contributed by atoms with Gasteiger partial charge in [-0.2, -0.15) is 0 Å². The van der Waals surface area contributed by atoms with Crippen molar-refractivity contribution in [3.05, 3.63) is 11.1 Å². The normalized spacial score (nSPS) is 34.9. The first kappa shape index (κ1) is 15.8. The molecule has 2 aliphatic carbocycles. The van der Waals surface area contributed by atoms with Crippen molar-refractivity contribution in [2.75, 3.05) is 0 Å². The summed E-state index contributed by atoms with van der Waals surface area (Å²) >= 11 is 0. The van der Waals surface area contributed by atoms with Crippen molar-refractivity contribution in [2.24, 2.45) is 17.3 Å². The summed E-state index contributed by atoms with van der Waals surface area (Å²) in [6.07, 6.45) is 8.72. The molecule has 114 valence electrons. The van der Waals surface area contributed by atoms with Crippen molar-refractivity contribution in [3.63, 3.8) is 0 Å². The van der Waals surface area contributed by atoms with Gasteiger partial charge in [0, 0.05) is 5.92 Å². The zero-order valence-corrected chi connectivity index (χ0v) is 13.5. The van der Waals surface area contributed by atoms with E-state index in [2.05, 4.69) is 13.8 Å². The first-order valence-electron chi connectivity index (χ1n) is 8.22. The Morgan fingerprint density at radius 2 is 2.00 bits per heavy atom. The zero-order valence-electron chi connectivity index (χ0n) is 13.5. The number of hydrogen-bond donors (Lipinski definition) is 1. The number of fused-ring (bicyclic) bond motifs is 1. The third kappa shape index (κ3) is 2.86. The van der Waals surface area contributed by atoms with Crippen molar-refractivity contribution in [2.45, 2.75) is 78.2 Å². The van der Waals surface area contributed by atoms with E-state index in [0.29, 0.717) is 5.92 Å². The van der Waals surface area contributed by atoms with Gasteiger partial charge in [0.05, 0.1) is 5.60 Å². The van der Waals surface area contributed by atoms with Crippen LogP contribution in [0.5, 0.6) is 0 Å². The van der Waals surface area contributed by atoms with Gasteiger partial charge in [0.1, 0.15) is 6.29 Å². The molecule has 1 N–H and O–H groups in total. The zero-order chi connectivity index (χ0) is 15.0. The quantitative estimate of drug-likeness (QED) is 0.616. The Morgan fingerprint density at radius 3 is 2.55 bits per heavy atom. The molecule has 0 radical (unpaired) electrons. The number of rotatable bonds is 4. The van der Waals surface area contributed by atoms with Crippen molar-refractivity contribution in [3.8, 4) is 0 Å². The van der Waals surface area contributed by atoms with Crippen LogP contribution in [-0.4, -0.2) is 17.0 Å². The minimum Gasteiger partial charge on any atom is -0.390 e. The largest absolute Gasteiger partial charge is 0.390 e. The molecule has 1 saturated carbocycles. The molecule has 2 rings (SSSR count). The van der Waals surface area contributed by atoms with Gasteiger partial charge >= 0.3 is 0 Å². The lowest BCUT2D eigenvalue weighted by Crippen LogP contribution is -2.40. The van der Waals surface area contributed by atoms with Crippen LogP contribution < -0.4 is 0 Å². The standard InChI is InChI=1S/C18H30O2/c1-5-6-15-13(12-19)7-9-18(4)10-8-14(11-16(15)18)17(2,3)20/h12-14,20H,5-11H2,1-4H3/t13?,14-,18?/m1/s1. The van der Waals surface area contributed by atoms with Crippen LogP contribution in [0, 0.1) is 17.3 Å². The van der Waals surface area contributed by atoms with Gasteiger partial charge in [-0.1, -0.05) is 31.4 Å². The van der Waals surface area contributed by atoms with E-state index in [1.54, 1.807) is 0 Å². The van der Waals surface area contributed by atoms with E-state index in [-0.39, 0.29) is 11.3 Å². The molecule has 2 unspecified atom stereocenters. The van der Waals surface area contributed by atoms with Gasteiger partial charge in [-0.3, -0.25) is 0 Å². The maximum atomic E-state index is 11.4. The van der Waals surface area contributed by atoms with Crippen molar-refractivity contribution in [1.82, 2.24) is 0 Å². The Hall–Kier alpha value is -0.630. The van der Waals surface area contributed by atoms with Crippen LogP contribution in [0.4, 0.5) is 0 Å². The predicted octanol–water partition coefficient (Wildman–Crippen LogP) is 4.27. The van der Waals surface area contributed by atoms with Crippen molar-refractivity contribution in [1.29, 1.82) is 0 Å². The number of hydrogen-bond acceptors (Lipinski definition) is 2. The Balaban J connectivity index is 2.38. The molecule has 0 saturated heterocycles. The summed E-state index contributed by atoms with van der Waals surface area (Å²) in [5.41, 5.74) is 2.59. The number of carbonyl (C=O) groups excluding carboxylic acids is 1. The van der Waals surface area contributed by atoms with Gasteiger partial charge in [0.15, 0.2) is 0 Å². The van der Waals surface area contributed by atoms with Gasteiger partial charge in [-0.15, -0.1) is 0 Å². The highest BCUT2D eigenvalue weighted by Crippen LogP contribution is 2.54. The van der Waals surface area contributed by atoms with E-state index >= 15 is 0 Å². The molecule has 2 aliphatic rings. The first-order valence-corrected chi connectivity index (χ1v) is 8.22. The number of aliphatic hydroxyl groups is 1. The van der Waals surface area contributed by atoms with E-state index in [1.165, 1.54) is 11.1 Å². The van der Waals surface area contributed by atoms with E-state index in [0.717, 1.165) is 51.2 Å². The topological polar surface area (TPSA) is 37.3 Å². The highest BCUT2D eigenvalue weighted by atomic mass is 16.3. The minimum atomic E-state index is -0.611. The molecule has 3 atom stereocenters. The smallest absolute Gasteiger partial charge is 0.127 e. The Bertz CT molecular complexity index is 402. The molecule has 0 aliphatic heterocycles. The molecule has 0 bridgehead atoms. The molecule has 0 spiro atoms. The Kier molecular flexibility index (Phi) is 4.44. The average Bonchev–Trinajstić information content (AvgIpc) is 2.37. The average molecular weight is 278 g/mol. The SMILES string of the molecule is CCCC1=C2C[C@H](C(C)(C)O)CCC2(C)CCC1C=O. The van der Waals surface area contributed by atoms with Crippen LogP contribution in [0.15, 0.2) is 11.1 Å². The highest BCUT2D eigenvalue weighted by molar-refractivity contribution is 5.60. The lowest BCUT2D eigenvalue weighted by molar-refractivity contribution is -0.110. The van der Waals surface area contributed by atoms with Gasteiger partial charge < -0.3 is 9.90 Å². The summed E-state index contributed by atoms with van der Waals surface area (Å²) in [6.45, 7) is 8.43. The van der Waals surface area contributed by atoms with E-state index in [4.69, 9.17) is 0 Å². The number of aldehydes is 1. The fourth-order valence-corrected chi connectivity index (χ4v) is 4.26. The van der Waals surface area contributed by atoms with Crippen molar-refractivity contribution < 1.29 is 9.90 Å². The second-order valence-electron chi connectivity index (χ2n) is 7.69. The Morgan fingerprint density at radius 1 is 1.35 bits per heavy atom. The van der Waals surface area contributed by atoms with Gasteiger partial charge in [0.2, 0.25) is 0 Å². The molecule has 0 amide bonds. The molecule has 0 aromatic rings. The maximum absolute atomic E-state index is 11.4. The van der Waals surface area contributed by atoms with Gasteiger partial charge in [-0.25, -0.2) is 0 Å². The molecule has 1 fully saturated rings. The fourth-order valence-electron chi connectivity index (χ4n) is 4.26. The lowest BCUT2D eigenvalue weighted by Gasteiger charge is -2.48. The summed E-state index contributed by atoms with van der Waals surface area (Å²) in [6, 6.07) is 0. The third-order valence-electron chi connectivity index (χ3n) is 5.75. The molecule has 0 heterocycles. The second-order valence-corrected chi connectivity index (χ2v) is 7.69.